The van der Waals surface area contributed by atoms with E-state index in [1.54, 1.807) is 0 Å². The van der Waals surface area contributed by atoms with Crippen molar-refractivity contribution in [1.29, 1.82) is 0 Å². The van der Waals surface area contributed by atoms with Gasteiger partial charge in [-0.25, -0.2) is 4.79 Å². The highest BCUT2D eigenvalue weighted by Gasteiger charge is 2.35. The molecule has 3 aliphatic heterocycles. The number of para-hydroxylation sites is 1. The van der Waals surface area contributed by atoms with Crippen LogP contribution >= 0.6 is 0 Å². The van der Waals surface area contributed by atoms with Crippen LogP contribution in [0.3, 0.4) is 0 Å². The average Bonchev–Trinajstić information content (AvgIpc) is 3.50. The van der Waals surface area contributed by atoms with Crippen molar-refractivity contribution in [2.24, 2.45) is 0 Å². The number of carbonyl (C=O) groups excluding carboxylic acids is 1. The van der Waals surface area contributed by atoms with E-state index in [1.807, 2.05) is 12.1 Å². The summed E-state index contributed by atoms with van der Waals surface area (Å²) in [5, 5.41) is 22.1. The van der Waals surface area contributed by atoms with E-state index in [0.717, 1.165) is 58.1 Å². The van der Waals surface area contributed by atoms with Crippen molar-refractivity contribution in [3.8, 4) is 28.5 Å². The lowest BCUT2D eigenvalue weighted by molar-refractivity contribution is -0.725. The fourth-order valence-electron chi connectivity index (χ4n) is 4.92. The third-order valence-electron chi connectivity index (χ3n) is 6.64. The maximum Gasteiger partial charge on any atom is 0.328 e. The molecule has 9 nitrogen and oxygen atoms in total. The second-order valence-electron chi connectivity index (χ2n) is 9.83. The van der Waals surface area contributed by atoms with Crippen LogP contribution < -0.4 is 19.3 Å². The monoisotopic (exact) mass is 503 g/mol. The zero-order valence-electron chi connectivity index (χ0n) is 20.8. The summed E-state index contributed by atoms with van der Waals surface area (Å²) in [7, 11) is 0. The first kappa shape index (κ1) is 24.6. The molecule has 0 spiro atoms. The highest BCUT2D eigenvalue weighted by atomic mass is 16.5. The summed E-state index contributed by atoms with van der Waals surface area (Å²) >= 11 is 0. The number of benzene rings is 2. The Labute approximate surface area is 214 Å². The minimum Gasteiger partial charge on any atom is -0.545 e. The molecule has 3 aliphatic rings. The number of H-pyrrole nitrogens is 1. The number of ether oxygens (including phenoxy) is 2. The molecule has 4 heterocycles. The lowest BCUT2D eigenvalue weighted by Crippen LogP contribution is -2.41. The van der Waals surface area contributed by atoms with E-state index >= 15 is 0 Å². The third-order valence-corrected chi connectivity index (χ3v) is 6.64. The Morgan fingerprint density at radius 1 is 1.19 bits per heavy atom. The van der Waals surface area contributed by atoms with Crippen molar-refractivity contribution in [3.05, 3.63) is 54.1 Å². The maximum absolute atomic E-state index is 9.53. The molecule has 9 heteroatoms. The summed E-state index contributed by atoms with van der Waals surface area (Å²) < 4.78 is 15.0. The van der Waals surface area contributed by atoms with Crippen LogP contribution in [0, 0.1) is 0 Å². The molecule has 0 aliphatic carbocycles. The van der Waals surface area contributed by atoms with Crippen LogP contribution in [0.15, 0.2) is 48.6 Å². The number of hydrogen-bond donors (Lipinski definition) is 2. The Bertz CT molecular complexity index is 1410. The van der Waals surface area contributed by atoms with Gasteiger partial charge in [0.2, 0.25) is 5.52 Å². The van der Waals surface area contributed by atoms with Gasteiger partial charge in [0.25, 0.3) is 0 Å². The number of carbonyl (C=O) groups is 2. The molecule has 0 radical (unpaired) electrons. The van der Waals surface area contributed by atoms with Crippen LogP contribution in [0.4, 0.5) is 0 Å². The van der Waals surface area contributed by atoms with Gasteiger partial charge in [0.05, 0.1) is 24.1 Å². The average molecular weight is 504 g/mol. The molecule has 192 valence electrons. The summed E-state index contributed by atoms with van der Waals surface area (Å²) in [6, 6.07) is 10.4. The molecule has 1 aromatic heterocycles. The normalized spacial score (nSPS) is 16.9. The van der Waals surface area contributed by atoms with Crippen LogP contribution in [0.5, 0.6) is 17.2 Å². The number of aliphatic carboxylic acids is 2. The smallest absolute Gasteiger partial charge is 0.328 e. The molecule has 37 heavy (non-hydrogen) atoms. The van der Waals surface area contributed by atoms with Crippen molar-refractivity contribution in [2.75, 3.05) is 19.6 Å². The van der Waals surface area contributed by atoms with Gasteiger partial charge in [-0.05, 0) is 70.1 Å². The first-order chi connectivity index (χ1) is 17.7. The van der Waals surface area contributed by atoms with Gasteiger partial charge in [-0.3, -0.25) is 4.90 Å². The standard InChI is InChI=1S/C24H25N3O2.C4H4O4/c1-24(2)10-9-17-20(29-24)15-18-21-22(16-7-3-4-8-19(16)28-23(17)21)25-27(18)14-13-26-11-5-6-12-26;5-3(6)1-2-4(7)8/h3-4,7-10,15H,5-6,11-14H2,1-2H3;1-2H,(H,5,6)(H,7,8)/b;2-1+. The summed E-state index contributed by atoms with van der Waals surface area (Å²) in [6.07, 6.45) is 7.82. The fourth-order valence-corrected chi connectivity index (χ4v) is 4.92. The van der Waals surface area contributed by atoms with Gasteiger partial charge in [-0.1, -0.05) is 12.1 Å². The number of carboxylic acids is 2. The van der Waals surface area contributed by atoms with E-state index in [2.05, 4.69) is 58.9 Å². The molecule has 1 saturated heterocycles. The largest absolute Gasteiger partial charge is 0.545 e. The van der Waals surface area contributed by atoms with Crippen molar-refractivity contribution in [2.45, 2.75) is 38.8 Å². The Kier molecular flexibility index (Phi) is 6.47. The van der Waals surface area contributed by atoms with Gasteiger partial charge in [0.1, 0.15) is 28.2 Å². The third kappa shape index (κ3) is 5.08. The number of hydrogen-bond acceptors (Lipinski definition) is 6. The summed E-state index contributed by atoms with van der Waals surface area (Å²) in [6.45, 7) is 8.57. The predicted octanol–water partition coefficient (Wildman–Crippen LogP) is 2.89. The highest BCUT2D eigenvalue weighted by Crippen LogP contribution is 2.50. The second-order valence-corrected chi connectivity index (χ2v) is 9.83. The summed E-state index contributed by atoms with van der Waals surface area (Å²) in [4.78, 5) is 21.5. The van der Waals surface area contributed by atoms with Crippen LogP contribution in [0.1, 0.15) is 32.3 Å². The SMILES string of the molecule is CC1(C)C=Cc2c(cc3c4c([nH][n+]3CCN3CCCC3)-c3ccccc3Oc24)O1.O=C([O-])/C=C/C(=O)O. The van der Waals surface area contributed by atoms with Gasteiger partial charge < -0.3 is 24.5 Å². The van der Waals surface area contributed by atoms with E-state index in [-0.39, 0.29) is 5.60 Å². The van der Waals surface area contributed by atoms with Crippen LogP contribution in [-0.4, -0.2) is 52.3 Å². The Morgan fingerprint density at radius 3 is 2.65 bits per heavy atom. The maximum atomic E-state index is 9.53. The zero-order chi connectivity index (χ0) is 26.2. The molecule has 3 aromatic rings. The first-order valence-corrected chi connectivity index (χ1v) is 12.3. The number of nitrogens with zero attached hydrogens (tertiary/aromatic N) is 2. The number of carboxylic acid groups (broad SMARTS) is 2. The number of aromatic amines is 1. The van der Waals surface area contributed by atoms with Gasteiger partial charge in [-0.2, -0.15) is 5.10 Å². The molecule has 2 aromatic carbocycles. The molecular weight excluding hydrogens is 474 g/mol. The predicted molar refractivity (Wildman–Crippen MR) is 135 cm³/mol. The number of fused-ring (bicyclic) bond motifs is 4. The minimum absolute atomic E-state index is 0.320. The molecular formula is C28H29N3O6. The topological polar surface area (TPSA) is 119 Å². The van der Waals surface area contributed by atoms with Crippen molar-refractivity contribution in [3.63, 3.8) is 0 Å². The van der Waals surface area contributed by atoms with E-state index in [4.69, 9.17) is 14.6 Å². The zero-order valence-corrected chi connectivity index (χ0v) is 20.8. The Morgan fingerprint density at radius 2 is 1.95 bits per heavy atom. The molecule has 0 amide bonds. The molecule has 0 saturated carbocycles. The quantitative estimate of drug-likeness (QED) is 0.318. The number of aromatic nitrogens is 2. The molecule has 6 rings (SSSR count). The number of nitrogens with one attached hydrogen (secondary N) is 1. The van der Waals surface area contributed by atoms with Crippen LogP contribution in [-0.2, 0) is 16.1 Å². The van der Waals surface area contributed by atoms with Crippen molar-refractivity contribution in [1.82, 2.24) is 10.00 Å². The van der Waals surface area contributed by atoms with Crippen molar-refractivity contribution < 1.29 is 34.0 Å². The highest BCUT2D eigenvalue weighted by molar-refractivity contribution is 6.03. The van der Waals surface area contributed by atoms with E-state index in [9.17, 15) is 14.7 Å². The van der Waals surface area contributed by atoms with E-state index in [1.165, 1.54) is 25.9 Å². The summed E-state index contributed by atoms with van der Waals surface area (Å²) in [5.74, 6) is -0.128. The minimum atomic E-state index is -1.51. The molecule has 2 N–H and O–H groups in total. The Hall–Kier alpha value is -4.11. The second kappa shape index (κ2) is 9.74. The van der Waals surface area contributed by atoms with Gasteiger partial charge >= 0.3 is 5.97 Å². The fraction of sp³-hybridized carbons (Fsp3) is 0.321. The summed E-state index contributed by atoms with van der Waals surface area (Å²) in [5.41, 5.74) is 4.11. The van der Waals surface area contributed by atoms with Gasteiger partial charge in [-0.15, -0.1) is 4.68 Å². The van der Waals surface area contributed by atoms with Crippen LogP contribution in [0.25, 0.3) is 28.2 Å². The van der Waals surface area contributed by atoms with E-state index < -0.39 is 11.9 Å². The lowest BCUT2D eigenvalue weighted by Gasteiger charge is -2.29. The molecule has 1 fully saturated rings. The Balaban J connectivity index is 0.000000307. The molecule has 0 unspecified atom stereocenters. The van der Waals surface area contributed by atoms with E-state index in [0.29, 0.717) is 12.2 Å². The van der Waals surface area contributed by atoms with Gasteiger partial charge in [0.15, 0.2) is 12.3 Å². The van der Waals surface area contributed by atoms with Crippen molar-refractivity contribution >= 4 is 28.9 Å². The molecule has 0 bridgehead atoms. The molecule has 0 atom stereocenters. The van der Waals surface area contributed by atoms with Gasteiger partial charge in [0, 0.05) is 11.6 Å². The number of likely N-dealkylation sites (tertiary alicyclic amines) is 1. The van der Waals surface area contributed by atoms with Crippen LogP contribution in [0.2, 0.25) is 0 Å². The number of rotatable bonds is 5. The lowest BCUT2D eigenvalue weighted by atomic mass is 9.96. The first-order valence-electron chi connectivity index (χ1n) is 12.3.